The van der Waals surface area contributed by atoms with Crippen molar-refractivity contribution < 1.29 is 13.9 Å². The van der Waals surface area contributed by atoms with Gasteiger partial charge in [0.05, 0.1) is 11.9 Å². The summed E-state index contributed by atoms with van der Waals surface area (Å²) in [6.45, 7) is 3.52. The molecule has 2 aromatic rings. The predicted molar refractivity (Wildman–Crippen MR) is 108 cm³/mol. The first-order chi connectivity index (χ1) is 13.0. The van der Waals surface area contributed by atoms with E-state index in [1.54, 1.807) is 12.1 Å². The number of aryl methyl sites for hydroxylation is 1. The average Bonchev–Trinajstić information content (AvgIpc) is 3.18. The van der Waals surface area contributed by atoms with Crippen LogP contribution in [-0.2, 0) is 4.79 Å². The first-order valence-electron chi connectivity index (χ1n) is 8.78. The molecule has 1 amide bonds. The molecule has 3 rings (SSSR count). The van der Waals surface area contributed by atoms with Gasteiger partial charge in [0.25, 0.3) is 5.91 Å². The summed E-state index contributed by atoms with van der Waals surface area (Å²) < 4.78 is 20.7. The van der Waals surface area contributed by atoms with Gasteiger partial charge >= 0.3 is 0 Å². The number of halogens is 2. The first kappa shape index (κ1) is 19.4. The second-order valence-corrected chi connectivity index (χ2v) is 7.31. The number of anilines is 1. The Morgan fingerprint density at radius 2 is 2.00 bits per heavy atom. The van der Waals surface area contributed by atoms with Crippen molar-refractivity contribution in [1.29, 1.82) is 0 Å². The molecular formula is C20H21BrFN3O2. The highest BCUT2D eigenvalue weighted by atomic mass is 79.9. The Balaban J connectivity index is 1.54. The summed E-state index contributed by atoms with van der Waals surface area (Å²) in [5.41, 5.74) is 4.56. The summed E-state index contributed by atoms with van der Waals surface area (Å²) in [5.74, 6) is -0.0671. The van der Waals surface area contributed by atoms with Gasteiger partial charge in [0.1, 0.15) is 11.6 Å². The van der Waals surface area contributed by atoms with E-state index in [0.29, 0.717) is 17.0 Å². The molecule has 1 heterocycles. The van der Waals surface area contributed by atoms with E-state index in [0.717, 1.165) is 36.0 Å². The fourth-order valence-corrected chi connectivity index (χ4v) is 3.17. The minimum atomic E-state index is -0.388. The molecule has 0 spiro atoms. The summed E-state index contributed by atoms with van der Waals surface area (Å²) in [6, 6.07) is 10.5. The predicted octanol–water partition coefficient (Wildman–Crippen LogP) is 4.03. The van der Waals surface area contributed by atoms with E-state index >= 15 is 0 Å². The smallest absolute Gasteiger partial charge is 0.277 e. The molecule has 7 heteroatoms. The molecule has 1 fully saturated rings. The SMILES string of the molecule is Cc1cc(N2CCCC2)c(F)cc1C=NNC(=O)COc1ccc(Br)cc1. The highest BCUT2D eigenvalue weighted by molar-refractivity contribution is 9.10. The van der Waals surface area contributed by atoms with Crippen LogP contribution in [0, 0.1) is 12.7 Å². The van der Waals surface area contributed by atoms with E-state index in [9.17, 15) is 9.18 Å². The van der Waals surface area contributed by atoms with Crippen LogP contribution >= 0.6 is 15.9 Å². The van der Waals surface area contributed by atoms with E-state index in [1.165, 1.54) is 12.3 Å². The highest BCUT2D eigenvalue weighted by Gasteiger charge is 2.17. The molecule has 0 unspecified atom stereocenters. The zero-order valence-corrected chi connectivity index (χ0v) is 16.6. The summed E-state index contributed by atoms with van der Waals surface area (Å²) in [5, 5.41) is 3.90. The van der Waals surface area contributed by atoms with Gasteiger partial charge in [-0.3, -0.25) is 4.79 Å². The van der Waals surface area contributed by atoms with Crippen molar-refractivity contribution in [1.82, 2.24) is 5.43 Å². The van der Waals surface area contributed by atoms with Crippen molar-refractivity contribution in [3.8, 4) is 5.75 Å². The third kappa shape index (κ3) is 5.29. The van der Waals surface area contributed by atoms with Crippen LogP contribution in [0.5, 0.6) is 5.75 Å². The van der Waals surface area contributed by atoms with Gasteiger partial charge in [-0.15, -0.1) is 0 Å². The number of carbonyl (C=O) groups is 1. The van der Waals surface area contributed by atoms with Crippen LogP contribution in [0.25, 0.3) is 0 Å². The van der Waals surface area contributed by atoms with Crippen LogP contribution in [0.15, 0.2) is 46.0 Å². The number of nitrogens with one attached hydrogen (secondary N) is 1. The Labute approximate surface area is 166 Å². The lowest BCUT2D eigenvalue weighted by Crippen LogP contribution is -2.24. The van der Waals surface area contributed by atoms with Crippen LogP contribution in [0.1, 0.15) is 24.0 Å². The molecular weight excluding hydrogens is 413 g/mol. The quantitative estimate of drug-likeness (QED) is 0.552. The highest BCUT2D eigenvalue weighted by Crippen LogP contribution is 2.26. The maximum atomic E-state index is 14.4. The summed E-state index contributed by atoms with van der Waals surface area (Å²) >= 11 is 3.33. The van der Waals surface area contributed by atoms with Crippen molar-refractivity contribution in [3.05, 3.63) is 57.8 Å². The van der Waals surface area contributed by atoms with Gasteiger partial charge in [0.15, 0.2) is 6.61 Å². The monoisotopic (exact) mass is 433 g/mol. The second-order valence-electron chi connectivity index (χ2n) is 6.39. The molecule has 1 aliphatic rings. The number of rotatable bonds is 6. The maximum absolute atomic E-state index is 14.4. The molecule has 0 saturated carbocycles. The Bertz CT molecular complexity index is 834. The number of hydrazone groups is 1. The molecule has 0 aliphatic carbocycles. The molecule has 2 aromatic carbocycles. The van der Waals surface area contributed by atoms with Crippen molar-refractivity contribution >= 4 is 33.7 Å². The van der Waals surface area contributed by atoms with E-state index < -0.39 is 0 Å². The van der Waals surface area contributed by atoms with Crippen LogP contribution in [0.3, 0.4) is 0 Å². The average molecular weight is 434 g/mol. The van der Waals surface area contributed by atoms with Gasteiger partial charge in [-0.1, -0.05) is 15.9 Å². The van der Waals surface area contributed by atoms with Crippen LogP contribution in [0.4, 0.5) is 10.1 Å². The van der Waals surface area contributed by atoms with Gasteiger partial charge in [0, 0.05) is 23.1 Å². The summed E-state index contributed by atoms with van der Waals surface area (Å²) in [6.07, 6.45) is 3.63. The lowest BCUT2D eigenvalue weighted by atomic mass is 10.1. The standard InChI is InChI=1S/C20H21BrFN3O2/c1-14-10-19(25-8-2-3-9-25)18(22)11-15(14)12-23-24-20(26)13-27-17-6-4-16(21)5-7-17/h4-7,10-12H,2-3,8-9,13H2,1H3,(H,24,26). The third-order valence-electron chi connectivity index (χ3n) is 4.36. The van der Waals surface area contributed by atoms with Crippen LogP contribution in [-0.4, -0.2) is 31.8 Å². The van der Waals surface area contributed by atoms with E-state index in [2.05, 4.69) is 31.4 Å². The minimum Gasteiger partial charge on any atom is -0.484 e. The lowest BCUT2D eigenvalue weighted by molar-refractivity contribution is -0.123. The Morgan fingerprint density at radius 3 is 2.70 bits per heavy atom. The number of nitrogens with zero attached hydrogens (tertiary/aromatic N) is 2. The molecule has 1 saturated heterocycles. The first-order valence-corrected chi connectivity index (χ1v) is 9.57. The number of amides is 1. The van der Waals surface area contributed by atoms with Gasteiger partial charge in [-0.2, -0.15) is 5.10 Å². The number of benzene rings is 2. The molecule has 1 N–H and O–H groups in total. The number of hydrogen-bond acceptors (Lipinski definition) is 4. The van der Waals surface area contributed by atoms with E-state index in [4.69, 9.17) is 4.74 Å². The molecule has 0 aromatic heterocycles. The second kappa shape index (κ2) is 8.99. The summed E-state index contributed by atoms with van der Waals surface area (Å²) in [7, 11) is 0. The molecule has 0 radical (unpaired) electrons. The van der Waals surface area contributed by atoms with Gasteiger partial charge in [-0.25, -0.2) is 9.82 Å². The Hall–Kier alpha value is -2.41. The van der Waals surface area contributed by atoms with Crippen LogP contribution < -0.4 is 15.1 Å². The molecule has 142 valence electrons. The van der Waals surface area contributed by atoms with Crippen molar-refractivity contribution in [2.75, 3.05) is 24.6 Å². The summed E-state index contributed by atoms with van der Waals surface area (Å²) in [4.78, 5) is 13.9. The maximum Gasteiger partial charge on any atom is 0.277 e. The molecule has 27 heavy (non-hydrogen) atoms. The molecule has 0 bridgehead atoms. The normalized spacial score (nSPS) is 14.0. The van der Waals surface area contributed by atoms with E-state index in [1.807, 2.05) is 25.1 Å². The molecule has 1 aliphatic heterocycles. The number of carbonyl (C=O) groups excluding carboxylic acids is 1. The zero-order valence-electron chi connectivity index (χ0n) is 15.0. The Kier molecular flexibility index (Phi) is 6.45. The van der Waals surface area contributed by atoms with E-state index in [-0.39, 0.29) is 18.3 Å². The van der Waals surface area contributed by atoms with Crippen molar-refractivity contribution in [2.24, 2.45) is 5.10 Å². The molecule has 5 nitrogen and oxygen atoms in total. The molecule has 0 atom stereocenters. The number of ether oxygens (including phenoxy) is 1. The largest absolute Gasteiger partial charge is 0.484 e. The Morgan fingerprint density at radius 1 is 1.30 bits per heavy atom. The fourth-order valence-electron chi connectivity index (χ4n) is 2.91. The third-order valence-corrected chi connectivity index (χ3v) is 4.89. The van der Waals surface area contributed by atoms with Crippen LogP contribution in [0.2, 0.25) is 0 Å². The van der Waals surface area contributed by atoms with Crippen molar-refractivity contribution in [3.63, 3.8) is 0 Å². The van der Waals surface area contributed by atoms with Crippen molar-refractivity contribution in [2.45, 2.75) is 19.8 Å². The lowest BCUT2D eigenvalue weighted by Gasteiger charge is -2.19. The zero-order chi connectivity index (χ0) is 19.2. The van der Waals surface area contributed by atoms with Gasteiger partial charge in [0.2, 0.25) is 0 Å². The fraction of sp³-hybridized carbons (Fsp3) is 0.300. The topological polar surface area (TPSA) is 53.9 Å². The van der Waals surface area contributed by atoms with Gasteiger partial charge in [-0.05, 0) is 61.7 Å². The van der Waals surface area contributed by atoms with Gasteiger partial charge < -0.3 is 9.64 Å². The number of hydrogen-bond donors (Lipinski definition) is 1. The minimum absolute atomic E-state index is 0.153.